The van der Waals surface area contributed by atoms with Gasteiger partial charge in [-0.05, 0) is 72.1 Å². The minimum absolute atomic E-state index is 0.638. The summed E-state index contributed by atoms with van der Waals surface area (Å²) in [5.74, 6) is 1.28. The van der Waals surface area contributed by atoms with Crippen LogP contribution < -0.4 is 0 Å². The van der Waals surface area contributed by atoms with Gasteiger partial charge in [0.2, 0.25) is 0 Å². The molecule has 0 saturated carbocycles. The van der Waals surface area contributed by atoms with Crippen molar-refractivity contribution in [3.8, 4) is 0 Å². The number of nitrogens with zero attached hydrogens (tertiary/aromatic N) is 1. The number of pyridine rings is 1. The molecule has 1 heterocycles. The topological polar surface area (TPSA) is 12.9 Å². The van der Waals surface area contributed by atoms with Gasteiger partial charge in [-0.15, -0.1) is 0 Å². The Kier molecular flexibility index (Phi) is 9.05. The second-order valence-electron chi connectivity index (χ2n) is 8.38. The van der Waals surface area contributed by atoms with Crippen LogP contribution in [0.5, 0.6) is 0 Å². The lowest BCUT2D eigenvalue weighted by Gasteiger charge is -2.16. The summed E-state index contributed by atoms with van der Waals surface area (Å²) in [4.78, 5) is 4.60. The number of aromatic nitrogens is 1. The smallest absolute Gasteiger partial charge is 0.0708 e. The van der Waals surface area contributed by atoms with Gasteiger partial charge in [0.25, 0.3) is 0 Å². The van der Waals surface area contributed by atoms with E-state index >= 15 is 0 Å². The molecular weight excluding hydrogens is 362 g/mol. The maximum absolute atomic E-state index is 4.60. The average Bonchev–Trinajstić information content (AvgIpc) is 2.99. The quantitative estimate of drug-likeness (QED) is 0.490. The lowest BCUT2D eigenvalue weighted by Crippen LogP contribution is -1.98. The minimum atomic E-state index is 0.638. The predicted molar refractivity (Wildman–Crippen MR) is 134 cm³/mol. The Labute approximate surface area is 184 Å². The monoisotopic (exact) mass is 399 g/mol. The van der Waals surface area contributed by atoms with Crippen molar-refractivity contribution >= 4 is 11.6 Å². The van der Waals surface area contributed by atoms with Gasteiger partial charge in [0.15, 0.2) is 0 Å². The highest BCUT2D eigenvalue weighted by molar-refractivity contribution is 5.76. The number of hydrogen-bond donors (Lipinski definition) is 0. The highest BCUT2D eigenvalue weighted by atomic mass is 14.7. The molecule has 1 aliphatic carbocycles. The van der Waals surface area contributed by atoms with Crippen molar-refractivity contribution in [3.05, 3.63) is 101 Å². The van der Waals surface area contributed by atoms with Gasteiger partial charge < -0.3 is 0 Å². The normalized spacial score (nSPS) is 13.3. The Morgan fingerprint density at radius 1 is 0.967 bits per heavy atom. The first-order valence-corrected chi connectivity index (χ1v) is 11.1. The molecule has 1 aliphatic rings. The second-order valence-corrected chi connectivity index (χ2v) is 8.38. The van der Waals surface area contributed by atoms with Crippen molar-refractivity contribution in [3.63, 3.8) is 0 Å². The summed E-state index contributed by atoms with van der Waals surface area (Å²) >= 11 is 0. The average molecular weight is 400 g/mol. The maximum atomic E-state index is 4.60. The zero-order valence-corrected chi connectivity index (χ0v) is 19.6. The molecule has 1 heteroatoms. The lowest BCUT2D eigenvalue weighted by atomic mass is 9.90. The van der Waals surface area contributed by atoms with E-state index in [9.17, 15) is 0 Å². The molecule has 0 N–H and O–H groups in total. The first-order valence-electron chi connectivity index (χ1n) is 11.1. The van der Waals surface area contributed by atoms with E-state index in [1.54, 1.807) is 6.08 Å². The van der Waals surface area contributed by atoms with Crippen LogP contribution in [0.25, 0.3) is 11.6 Å². The second kappa shape index (κ2) is 11.5. The standard InChI is InChI=1S/C16H17N.C13H20/c1-3-13-9-6-5-7-11-15(13)16-12-8-10-14(4-2)17-16;1-9(2)12-7-6-8-13(10(3)4)11(12)5/h4-8,10-12H,2-3,9H2,1H3;6-10H,1-5H3. The van der Waals surface area contributed by atoms with Crippen LogP contribution in [0.15, 0.2) is 72.9 Å². The van der Waals surface area contributed by atoms with Crippen LogP contribution in [0.4, 0.5) is 0 Å². The summed E-state index contributed by atoms with van der Waals surface area (Å²) < 4.78 is 0. The summed E-state index contributed by atoms with van der Waals surface area (Å²) in [7, 11) is 0. The SMILES string of the molecule is C=Cc1cccc(C2=C(CC)CC=CC=C2)n1.Cc1c(C(C)C)cccc1C(C)C. The number of allylic oxidation sites excluding steroid dienone is 6. The van der Waals surface area contributed by atoms with Gasteiger partial charge in [-0.3, -0.25) is 0 Å². The van der Waals surface area contributed by atoms with Crippen LogP contribution in [0, 0.1) is 6.92 Å². The van der Waals surface area contributed by atoms with E-state index in [1.165, 1.54) is 27.8 Å². The van der Waals surface area contributed by atoms with E-state index in [0.717, 1.165) is 24.2 Å². The molecule has 1 nitrogen and oxygen atoms in total. The van der Waals surface area contributed by atoms with E-state index < -0.39 is 0 Å². The Morgan fingerprint density at radius 2 is 1.60 bits per heavy atom. The fraction of sp³-hybridized carbons (Fsp3) is 0.345. The summed E-state index contributed by atoms with van der Waals surface area (Å²) in [6.07, 6.45) is 12.4. The van der Waals surface area contributed by atoms with Gasteiger partial charge >= 0.3 is 0 Å². The van der Waals surface area contributed by atoms with Gasteiger partial charge in [-0.2, -0.15) is 0 Å². The molecule has 30 heavy (non-hydrogen) atoms. The molecule has 158 valence electrons. The number of hydrogen-bond acceptors (Lipinski definition) is 1. The van der Waals surface area contributed by atoms with Crippen molar-refractivity contribution in [1.29, 1.82) is 0 Å². The maximum Gasteiger partial charge on any atom is 0.0708 e. The van der Waals surface area contributed by atoms with E-state index in [0.29, 0.717) is 11.8 Å². The molecule has 0 bridgehead atoms. The molecular formula is C29H37N. The van der Waals surface area contributed by atoms with Gasteiger partial charge in [0.1, 0.15) is 0 Å². The van der Waals surface area contributed by atoms with E-state index in [1.807, 2.05) is 12.1 Å². The molecule has 0 amide bonds. The van der Waals surface area contributed by atoms with Gasteiger partial charge in [-0.1, -0.05) is 95.3 Å². The fourth-order valence-electron chi connectivity index (χ4n) is 3.91. The van der Waals surface area contributed by atoms with Crippen LogP contribution in [0.1, 0.15) is 87.4 Å². The molecule has 0 atom stereocenters. The van der Waals surface area contributed by atoms with Crippen LogP contribution in [0.3, 0.4) is 0 Å². The Hall–Kier alpha value is -2.67. The van der Waals surface area contributed by atoms with Gasteiger partial charge in [0.05, 0.1) is 11.4 Å². The molecule has 0 spiro atoms. The predicted octanol–water partition coefficient (Wildman–Crippen LogP) is 8.65. The van der Waals surface area contributed by atoms with Crippen molar-refractivity contribution in [2.45, 2.75) is 66.2 Å². The zero-order chi connectivity index (χ0) is 22.1. The lowest BCUT2D eigenvalue weighted by molar-refractivity contribution is 0.817. The third kappa shape index (κ3) is 6.16. The van der Waals surface area contributed by atoms with E-state index in [2.05, 4.69) is 102 Å². The molecule has 2 aromatic rings. The Morgan fingerprint density at radius 3 is 2.17 bits per heavy atom. The van der Waals surface area contributed by atoms with Crippen molar-refractivity contribution in [2.24, 2.45) is 0 Å². The third-order valence-corrected chi connectivity index (χ3v) is 5.60. The summed E-state index contributed by atoms with van der Waals surface area (Å²) in [5, 5.41) is 0. The van der Waals surface area contributed by atoms with Crippen LogP contribution in [-0.2, 0) is 0 Å². The summed E-state index contributed by atoms with van der Waals surface area (Å²) in [5.41, 5.74) is 9.12. The van der Waals surface area contributed by atoms with Crippen molar-refractivity contribution in [2.75, 3.05) is 0 Å². The minimum Gasteiger partial charge on any atom is -0.248 e. The molecule has 0 radical (unpaired) electrons. The fourth-order valence-corrected chi connectivity index (χ4v) is 3.91. The summed E-state index contributed by atoms with van der Waals surface area (Å²) in [6.45, 7) is 17.2. The first kappa shape index (κ1) is 23.6. The van der Waals surface area contributed by atoms with Gasteiger partial charge in [0, 0.05) is 0 Å². The molecule has 0 saturated heterocycles. The Balaban J connectivity index is 0.000000222. The van der Waals surface area contributed by atoms with Crippen LogP contribution in [-0.4, -0.2) is 4.98 Å². The largest absolute Gasteiger partial charge is 0.248 e. The first-order chi connectivity index (χ1) is 14.4. The van der Waals surface area contributed by atoms with Crippen molar-refractivity contribution < 1.29 is 0 Å². The Bertz CT molecular complexity index is 912. The van der Waals surface area contributed by atoms with Crippen LogP contribution >= 0.6 is 0 Å². The molecule has 1 aromatic carbocycles. The van der Waals surface area contributed by atoms with Crippen LogP contribution in [0.2, 0.25) is 0 Å². The van der Waals surface area contributed by atoms with E-state index in [4.69, 9.17) is 0 Å². The molecule has 3 rings (SSSR count). The number of benzene rings is 1. The van der Waals surface area contributed by atoms with Crippen molar-refractivity contribution in [1.82, 2.24) is 4.98 Å². The molecule has 1 aromatic heterocycles. The molecule has 0 aliphatic heterocycles. The van der Waals surface area contributed by atoms with E-state index in [-0.39, 0.29) is 0 Å². The van der Waals surface area contributed by atoms with Gasteiger partial charge in [-0.25, -0.2) is 4.98 Å². The zero-order valence-electron chi connectivity index (χ0n) is 19.6. The summed E-state index contributed by atoms with van der Waals surface area (Å²) in [6, 6.07) is 12.7. The third-order valence-electron chi connectivity index (χ3n) is 5.60. The molecule has 0 fully saturated rings. The highest BCUT2D eigenvalue weighted by Gasteiger charge is 2.09. The highest BCUT2D eigenvalue weighted by Crippen LogP contribution is 2.27. The number of rotatable bonds is 5. The molecule has 0 unspecified atom stereocenters.